The van der Waals surface area contributed by atoms with Gasteiger partial charge in [-0.3, -0.25) is 0 Å². The van der Waals surface area contributed by atoms with Crippen LogP contribution in [0.3, 0.4) is 0 Å². The molecule has 1 aliphatic rings. The predicted molar refractivity (Wildman–Crippen MR) is 86.3 cm³/mol. The summed E-state index contributed by atoms with van der Waals surface area (Å²) in [5, 5.41) is 3.66. The van der Waals surface area contributed by atoms with Gasteiger partial charge in [0.1, 0.15) is 0 Å². The molecule has 0 aliphatic carbocycles. The maximum atomic E-state index is 3.66. The van der Waals surface area contributed by atoms with Crippen molar-refractivity contribution in [2.75, 3.05) is 6.54 Å². The third kappa shape index (κ3) is 3.25. The Kier molecular flexibility index (Phi) is 4.44. The summed E-state index contributed by atoms with van der Waals surface area (Å²) < 4.78 is 0. The van der Waals surface area contributed by atoms with Crippen LogP contribution in [-0.4, -0.2) is 6.54 Å². The van der Waals surface area contributed by atoms with Crippen molar-refractivity contribution in [3.8, 4) is 0 Å². The van der Waals surface area contributed by atoms with Crippen molar-refractivity contribution < 1.29 is 0 Å². The predicted octanol–water partition coefficient (Wildman–Crippen LogP) is 4.96. The molecule has 0 amide bonds. The number of hydrogen-bond donors (Lipinski definition) is 1. The molecule has 104 valence electrons. The molecule has 20 heavy (non-hydrogen) atoms. The molecule has 1 unspecified atom stereocenters. The molecule has 2 aromatic rings. The number of benzene rings is 2. The molecule has 1 nitrogen and oxygen atoms in total. The summed E-state index contributed by atoms with van der Waals surface area (Å²) in [4.78, 5) is 2.70. The molecular weight excluding hydrogens is 262 g/mol. The van der Waals surface area contributed by atoms with Crippen LogP contribution in [0.15, 0.2) is 58.3 Å². The van der Waals surface area contributed by atoms with Gasteiger partial charge < -0.3 is 5.32 Å². The van der Waals surface area contributed by atoms with Crippen LogP contribution in [0.25, 0.3) is 0 Å². The van der Waals surface area contributed by atoms with E-state index in [-0.39, 0.29) is 0 Å². The summed E-state index contributed by atoms with van der Waals surface area (Å²) in [6, 6.07) is 18.1. The number of hydrogen-bond acceptors (Lipinski definition) is 2. The Morgan fingerprint density at radius 1 is 1.00 bits per heavy atom. The van der Waals surface area contributed by atoms with E-state index in [1.807, 2.05) is 11.8 Å². The molecule has 0 bridgehead atoms. The number of rotatable bonds is 3. The molecule has 3 rings (SSSR count). The van der Waals surface area contributed by atoms with Gasteiger partial charge in [-0.15, -0.1) is 0 Å². The lowest BCUT2D eigenvalue weighted by molar-refractivity contribution is 0.408. The van der Waals surface area contributed by atoms with Crippen LogP contribution in [0.5, 0.6) is 0 Å². The molecule has 0 aromatic heterocycles. The van der Waals surface area contributed by atoms with E-state index in [0.29, 0.717) is 6.04 Å². The summed E-state index contributed by atoms with van der Waals surface area (Å²) >= 11 is 1.88. The molecule has 2 heteroatoms. The van der Waals surface area contributed by atoms with Gasteiger partial charge in [0.2, 0.25) is 0 Å². The third-order valence-corrected chi connectivity index (χ3v) is 4.95. The Morgan fingerprint density at radius 3 is 2.55 bits per heavy atom. The minimum atomic E-state index is 0.526. The second-order valence-electron chi connectivity index (χ2n) is 5.46. The summed E-state index contributed by atoms with van der Waals surface area (Å²) in [6.07, 6.45) is 3.90. The zero-order chi connectivity index (χ0) is 13.8. The van der Waals surface area contributed by atoms with Crippen molar-refractivity contribution in [2.24, 2.45) is 0 Å². The molecule has 1 saturated heterocycles. The highest BCUT2D eigenvalue weighted by molar-refractivity contribution is 7.99. The van der Waals surface area contributed by atoms with Crippen molar-refractivity contribution in [2.45, 2.75) is 42.0 Å². The minimum absolute atomic E-state index is 0.526. The Morgan fingerprint density at radius 2 is 1.80 bits per heavy atom. The van der Waals surface area contributed by atoms with Gasteiger partial charge in [0.25, 0.3) is 0 Å². The summed E-state index contributed by atoms with van der Waals surface area (Å²) in [6.45, 7) is 3.28. The van der Waals surface area contributed by atoms with Crippen LogP contribution in [0.1, 0.15) is 36.4 Å². The van der Waals surface area contributed by atoms with Crippen LogP contribution in [0, 0.1) is 6.92 Å². The van der Waals surface area contributed by atoms with Crippen molar-refractivity contribution in [3.63, 3.8) is 0 Å². The fourth-order valence-corrected chi connectivity index (χ4v) is 3.71. The second-order valence-corrected chi connectivity index (χ2v) is 6.57. The van der Waals surface area contributed by atoms with Gasteiger partial charge in [-0.25, -0.2) is 0 Å². The van der Waals surface area contributed by atoms with E-state index in [1.54, 1.807) is 0 Å². The third-order valence-electron chi connectivity index (χ3n) is 3.85. The second kappa shape index (κ2) is 6.47. The van der Waals surface area contributed by atoms with Gasteiger partial charge in [-0.05, 0) is 50.1 Å². The molecule has 0 saturated carbocycles. The standard InChI is InChI=1S/C18H21NS/c1-14-9-11-15(12-10-14)20-18-8-3-2-6-16(18)17-7-4-5-13-19-17/h2-3,6,8-12,17,19H,4-5,7,13H2,1H3. The number of nitrogens with one attached hydrogen (secondary N) is 1. The molecular formula is C18H21NS. The highest BCUT2D eigenvalue weighted by atomic mass is 32.2. The first-order chi connectivity index (χ1) is 9.83. The number of aryl methyl sites for hydroxylation is 1. The molecule has 1 heterocycles. The summed E-state index contributed by atoms with van der Waals surface area (Å²) in [7, 11) is 0. The van der Waals surface area contributed by atoms with Gasteiger partial charge >= 0.3 is 0 Å². The fraction of sp³-hybridized carbons (Fsp3) is 0.333. The molecule has 1 atom stereocenters. The van der Waals surface area contributed by atoms with E-state index in [9.17, 15) is 0 Å². The van der Waals surface area contributed by atoms with Gasteiger partial charge in [0.15, 0.2) is 0 Å². The fourth-order valence-electron chi connectivity index (χ4n) is 2.71. The van der Waals surface area contributed by atoms with E-state index < -0.39 is 0 Å². The van der Waals surface area contributed by atoms with Crippen molar-refractivity contribution in [1.29, 1.82) is 0 Å². The Hall–Kier alpha value is -1.25. The minimum Gasteiger partial charge on any atom is -0.310 e. The molecule has 1 aliphatic heterocycles. The maximum Gasteiger partial charge on any atom is 0.0331 e. The van der Waals surface area contributed by atoms with E-state index in [2.05, 4.69) is 60.8 Å². The lowest BCUT2D eigenvalue weighted by atomic mass is 9.98. The van der Waals surface area contributed by atoms with Crippen LogP contribution >= 0.6 is 11.8 Å². The highest BCUT2D eigenvalue weighted by Gasteiger charge is 2.17. The topological polar surface area (TPSA) is 12.0 Å². The average molecular weight is 283 g/mol. The van der Waals surface area contributed by atoms with Gasteiger partial charge in [-0.1, -0.05) is 54.1 Å². The average Bonchev–Trinajstić information content (AvgIpc) is 2.51. The van der Waals surface area contributed by atoms with Crippen LogP contribution in [0.2, 0.25) is 0 Å². The van der Waals surface area contributed by atoms with E-state index in [1.165, 1.54) is 40.2 Å². The normalized spacial score (nSPS) is 18.9. The van der Waals surface area contributed by atoms with Crippen molar-refractivity contribution in [3.05, 3.63) is 59.7 Å². The van der Waals surface area contributed by atoms with E-state index in [0.717, 1.165) is 6.54 Å². The lowest BCUT2D eigenvalue weighted by Crippen LogP contribution is -2.27. The first-order valence-corrected chi connectivity index (χ1v) is 8.21. The molecule has 1 fully saturated rings. The van der Waals surface area contributed by atoms with Crippen LogP contribution in [0.4, 0.5) is 0 Å². The molecule has 0 spiro atoms. The van der Waals surface area contributed by atoms with Crippen molar-refractivity contribution >= 4 is 11.8 Å². The van der Waals surface area contributed by atoms with E-state index >= 15 is 0 Å². The summed E-state index contributed by atoms with van der Waals surface area (Å²) in [5.41, 5.74) is 2.77. The number of piperidine rings is 1. The summed E-state index contributed by atoms with van der Waals surface area (Å²) in [5.74, 6) is 0. The smallest absolute Gasteiger partial charge is 0.0331 e. The van der Waals surface area contributed by atoms with Crippen LogP contribution in [-0.2, 0) is 0 Å². The van der Waals surface area contributed by atoms with Crippen molar-refractivity contribution in [1.82, 2.24) is 5.32 Å². The Labute approximate surface area is 125 Å². The lowest BCUT2D eigenvalue weighted by Gasteiger charge is -2.25. The Balaban J connectivity index is 1.83. The van der Waals surface area contributed by atoms with Gasteiger partial charge in [0, 0.05) is 15.8 Å². The molecule has 1 N–H and O–H groups in total. The van der Waals surface area contributed by atoms with E-state index in [4.69, 9.17) is 0 Å². The Bertz CT molecular complexity index is 556. The monoisotopic (exact) mass is 283 g/mol. The highest BCUT2D eigenvalue weighted by Crippen LogP contribution is 2.35. The first-order valence-electron chi connectivity index (χ1n) is 7.40. The molecule has 0 radical (unpaired) electrons. The molecule has 2 aromatic carbocycles. The first kappa shape index (κ1) is 13.7. The van der Waals surface area contributed by atoms with Crippen LogP contribution < -0.4 is 5.32 Å². The van der Waals surface area contributed by atoms with Gasteiger partial charge in [0.05, 0.1) is 0 Å². The van der Waals surface area contributed by atoms with Gasteiger partial charge in [-0.2, -0.15) is 0 Å². The largest absolute Gasteiger partial charge is 0.310 e. The maximum absolute atomic E-state index is 3.66. The SMILES string of the molecule is Cc1ccc(Sc2ccccc2C2CCCCN2)cc1. The zero-order valence-electron chi connectivity index (χ0n) is 11.9. The quantitative estimate of drug-likeness (QED) is 0.854. The zero-order valence-corrected chi connectivity index (χ0v) is 12.7.